The molecule has 28 heavy (non-hydrogen) atoms. The Morgan fingerprint density at radius 2 is 1.75 bits per heavy atom. The minimum Gasteiger partial charge on any atom is -0.316 e. The number of anilines is 1. The topological polar surface area (TPSA) is 59.2 Å². The molecule has 0 aliphatic rings. The zero-order chi connectivity index (χ0) is 20.1. The first-order valence-corrected chi connectivity index (χ1v) is 9.56. The minimum atomic E-state index is -0.700. The van der Waals surface area contributed by atoms with E-state index in [9.17, 15) is 4.79 Å². The van der Waals surface area contributed by atoms with Crippen LogP contribution >= 0.6 is 0 Å². The fourth-order valence-corrected chi connectivity index (χ4v) is 3.10. The maximum atomic E-state index is 13.3. The second-order valence-electron chi connectivity index (χ2n) is 7.22. The van der Waals surface area contributed by atoms with E-state index in [0.717, 1.165) is 28.1 Å². The Hall–Kier alpha value is -2.98. The first-order valence-electron chi connectivity index (χ1n) is 9.56. The molecule has 2 aromatic carbocycles. The highest BCUT2D eigenvalue weighted by Gasteiger charge is 2.24. The van der Waals surface area contributed by atoms with Gasteiger partial charge in [-0.2, -0.15) is 0 Å². The Kier molecular flexibility index (Phi) is 6.22. The van der Waals surface area contributed by atoms with Crippen molar-refractivity contribution in [3.8, 4) is 0 Å². The van der Waals surface area contributed by atoms with Gasteiger partial charge in [0.15, 0.2) is 0 Å². The Labute approximate surface area is 167 Å². The summed E-state index contributed by atoms with van der Waals surface area (Å²) in [5, 5.41) is 0. The van der Waals surface area contributed by atoms with E-state index in [-0.39, 0.29) is 5.91 Å². The van der Waals surface area contributed by atoms with E-state index in [2.05, 4.69) is 18.8 Å². The first kappa shape index (κ1) is 19.8. The summed E-state index contributed by atoms with van der Waals surface area (Å²) in [6.07, 6.45) is 2.52. The standard InChI is InChI=1S/C24H27N3O/c1-17-9-11-21(26-16-17)13-14-27(22-12-10-18(2)19(3)15-22)24(28)23(25)20-7-5-4-6-8-20/h4-12,15-16,23H,13-14,25H2,1-3H3/t23-/m0/s1. The third kappa shape index (κ3) is 4.65. The van der Waals surface area contributed by atoms with Crippen LogP contribution in [0.2, 0.25) is 0 Å². The van der Waals surface area contributed by atoms with Crippen molar-refractivity contribution in [2.24, 2.45) is 5.73 Å². The van der Waals surface area contributed by atoms with Crippen LogP contribution in [0.3, 0.4) is 0 Å². The molecule has 144 valence electrons. The van der Waals surface area contributed by atoms with E-state index in [1.54, 1.807) is 4.90 Å². The summed E-state index contributed by atoms with van der Waals surface area (Å²) in [7, 11) is 0. The third-order valence-corrected chi connectivity index (χ3v) is 5.06. The van der Waals surface area contributed by atoms with Crippen LogP contribution < -0.4 is 10.6 Å². The number of rotatable bonds is 6. The molecular formula is C24H27N3O. The van der Waals surface area contributed by atoms with Gasteiger partial charge in [-0.15, -0.1) is 0 Å². The summed E-state index contributed by atoms with van der Waals surface area (Å²) in [5.41, 5.74) is 12.4. The maximum absolute atomic E-state index is 13.3. The molecule has 1 aromatic heterocycles. The van der Waals surface area contributed by atoms with Crippen LogP contribution in [0.5, 0.6) is 0 Å². The molecule has 1 heterocycles. The van der Waals surface area contributed by atoms with Crippen molar-refractivity contribution in [2.45, 2.75) is 33.2 Å². The molecule has 3 aromatic rings. The zero-order valence-electron chi connectivity index (χ0n) is 16.7. The van der Waals surface area contributed by atoms with E-state index >= 15 is 0 Å². The van der Waals surface area contributed by atoms with Gasteiger partial charge in [0, 0.05) is 30.5 Å². The quantitative estimate of drug-likeness (QED) is 0.701. The number of carbonyl (C=O) groups excluding carboxylic acids is 1. The van der Waals surface area contributed by atoms with Gasteiger partial charge < -0.3 is 10.6 Å². The van der Waals surface area contributed by atoms with Crippen LogP contribution in [0, 0.1) is 20.8 Å². The molecule has 3 rings (SSSR count). The average molecular weight is 374 g/mol. The number of pyridine rings is 1. The molecule has 0 saturated heterocycles. The summed E-state index contributed by atoms with van der Waals surface area (Å²) in [6, 6.07) is 18.9. The number of amides is 1. The predicted octanol–water partition coefficient (Wildman–Crippen LogP) is 4.28. The molecule has 4 nitrogen and oxygen atoms in total. The highest BCUT2D eigenvalue weighted by Crippen LogP contribution is 2.23. The van der Waals surface area contributed by atoms with Crippen LogP contribution in [0.15, 0.2) is 66.9 Å². The van der Waals surface area contributed by atoms with Gasteiger partial charge in [0.1, 0.15) is 6.04 Å². The predicted molar refractivity (Wildman–Crippen MR) is 114 cm³/mol. The summed E-state index contributed by atoms with van der Waals surface area (Å²) < 4.78 is 0. The third-order valence-electron chi connectivity index (χ3n) is 5.06. The molecule has 1 amide bonds. The van der Waals surface area contributed by atoms with Gasteiger partial charge in [0.25, 0.3) is 0 Å². The lowest BCUT2D eigenvalue weighted by Crippen LogP contribution is -2.40. The lowest BCUT2D eigenvalue weighted by molar-refractivity contribution is -0.120. The normalized spacial score (nSPS) is 11.9. The van der Waals surface area contributed by atoms with E-state index in [1.807, 2.05) is 73.8 Å². The van der Waals surface area contributed by atoms with Crippen LogP contribution in [0.25, 0.3) is 0 Å². The molecule has 2 N–H and O–H groups in total. The number of benzene rings is 2. The molecule has 0 fully saturated rings. The van der Waals surface area contributed by atoms with Crippen molar-refractivity contribution >= 4 is 11.6 Å². The van der Waals surface area contributed by atoms with Crippen molar-refractivity contribution < 1.29 is 4.79 Å². The number of aryl methyl sites for hydroxylation is 3. The highest BCUT2D eigenvalue weighted by molar-refractivity contribution is 5.97. The van der Waals surface area contributed by atoms with Crippen LogP contribution in [-0.2, 0) is 11.2 Å². The molecule has 0 bridgehead atoms. The van der Waals surface area contributed by atoms with Crippen molar-refractivity contribution in [1.82, 2.24) is 4.98 Å². The van der Waals surface area contributed by atoms with Crippen molar-refractivity contribution in [2.75, 3.05) is 11.4 Å². The molecule has 4 heteroatoms. The Balaban J connectivity index is 1.87. The number of carbonyl (C=O) groups is 1. The van der Waals surface area contributed by atoms with Gasteiger partial charge >= 0.3 is 0 Å². The summed E-state index contributed by atoms with van der Waals surface area (Å²) in [5.74, 6) is -0.110. The molecule has 0 aliphatic carbocycles. The molecule has 0 radical (unpaired) electrons. The Bertz CT molecular complexity index is 936. The summed E-state index contributed by atoms with van der Waals surface area (Å²) in [4.78, 5) is 19.5. The number of hydrogen-bond acceptors (Lipinski definition) is 3. The van der Waals surface area contributed by atoms with Crippen LogP contribution in [0.1, 0.15) is 34.0 Å². The fraction of sp³-hybridized carbons (Fsp3) is 0.250. The van der Waals surface area contributed by atoms with Crippen LogP contribution in [-0.4, -0.2) is 17.4 Å². The maximum Gasteiger partial charge on any atom is 0.248 e. The smallest absolute Gasteiger partial charge is 0.248 e. The van der Waals surface area contributed by atoms with Gasteiger partial charge in [-0.3, -0.25) is 9.78 Å². The molecule has 0 unspecified atom stereocenters. The number of nitrogens with zero attached hydrogens (tertiary/aromatic N) is 2. The molecule has 0 spiro atoms. The molecule has 0 aliphatic heterocycles. The zero-order valence-corrected chi connectivity index (χ0v) is 16.7. The molecule has 1 atom stereocenters. The number of hydrogen-bond donors (Lipinski definition) is 1. The van der Waals surface area contributed by atoms with Gasteiger partial charge in [0.2, 0.25) is 5.91 Å². The average Bonchev–Trinajstić information content (AvgIpc) is 2.72. The molecular weight excluding hydrogens is 346 g/mol. The van der Waals surface area contributed by atoms with Gasteiger partial charge in [0.05, 0.1) is 0 Å². The summed E-state index contributed by atoms with van der Waals surface area (Å²) in [6.45, 7) is 6.66. The van der Waals surface area contributed by atoms with E-state index < -0.39 is 6.04 Å². The van der Waals surface area contributed by atoms with Crippen molar-refractivity contribution in [1.29, 1.82) is 0 Å². The van der Waals surface area contributed by atoms with Crippen molar-refractivity contribution in [3.63, 3.8) is 0 Å². The van der Waals surface area contributed by atoms with Crippen LogP contribution in [0.4, 0.5) is 5.69 Å². The second kappa shape index (κ2) is 8.81. The minimum absolute atomic E-state index is 0.110. The number of aromatic nitrogens is 1. The van der Waals surface area contributed by atoms with E-state index in [1.165, 1.54) is 5.56 Å². The summed E-state index contributed by atoms with van der Waals surface area (Å²) >= 11 is 0. The molecule has 0 saturated carbocycles. The van der Waals surface area contributed by atoms with Gasteiger partial charge in [-0.25, -0.2) is 0 Å². The van der Waals surface area contributed by atoms with E-state index in [4.69, 9.17) is 5.73 Å². The van der Waals surface area contributed by atoms with Crippen molar-refractivity contribution in [3.05, 3.63) is 94.8 Å². The lowest BCUT2D eigenvalue weighted by atomic mass is 10.0. The Morgan fingerprint density at radius 1 is 1.00 bits per heavy atom. The number of nitrogens with two attached hydrogens (primary N) is 1. The highest BCUT2D eigenvalue weighted by atomic mass is 16.2. The SMILES string of the molecule is Cc1ccc(CCN(C(=O)[C@@H](N)c2ccccc2)c2ccc(C)c(C)c2)nc1. The fourth-order valence-electron chi connectivity index (χ4n) is 3.10. The Morgan fingerprint density at radius 3 is 2.39 bits per heavy atom. The first-order chi connectivity index (χ1) is 13.5. The van der Waals surface area contributed by atoms with E-state index in [0.29, 0.717) is 13.0 Å². The lowest BCUT2D eigenvalue weighted by Gasteiger charge is -2.27. The van der Waals surface area contributed by atoms with Gasteiger partial charge in [-0.05, 0) is 61.2 Å². The largest absolute Gasteiger partial charge is 0.316 e. The van der Waals surface area contributed by atoms with Gasteiger partial charge in [-0.1, -0.05) is 42.5 Å². The second-order valence-corrected chi connectivity index (χ2v) is 7.22. The monoisotopic (exact) mass is 373 g/mol.